The molecule has 1 aromatic carbocycles. The molecule has 2 N–H and O–H groups in total. The molecule has 1 fully saturated rings. The van der Waals surface area contributed by atoms with Crippen LogP contribution in [0.15, 0.2) is 33.6 Å². The van der Waals surface area contributed by atoms with E-state index in [1.165, 1.54) is 0 Å². The van der Waals surface area contributed by atoms with Crippen LogP contribution in [-0.2, 0) is 10.0 Å². The van der Waals surface area contributed by atoms with Crippen molar-refractivity contribution in [1.29, 1.82) is 0 Å². The Labute approximate surface area is 94.6 Å². The van der Waals surface area contributed by atoms with Gasteiger partial charge in [-0.1, -0.05) is 17.7 Å². The zero-order chi connectivity index (χ0) is 11.6. The largest absolute Gasteiger partial charge is 0.354 e. The average molecular weight is 239 g/mol. The molecule has 86 valence electrons. The van der Waals surface area contributed by atoms with E-state index in [2.05, 4.69) is 15.0 Å². The SMILES string of the molecule is Cc1ccc(S(=O)(=O)N=C2NCCN2)cc1. The van der Waals surface area contributed by atoms with Gasteiger partial charge in [0.05, 0.1) is 4.90 Å². The van der Waals surface area contributed by atoms with Crippen molar-refractivity contribution in [2.45, 2.75) is 11.8 Å². The van der Waals surface area contributed by atoms with Gasteiger partial charge in [0.25, 0.3) is 10.0 Å². The van der Waals surface area contributed by atoms with Gasteiger partial charge in [0, 0.05) is 13.1 Å². The molecule has 0 aromatic heterocycles. The van der Waals surface area contributed by atoms with Gasteiger partial charge in [0.2, 0.25) is 5.96 Å². The Morgan fingerprint density at radius 2 is 1.69 bits per heavy atom. The normalized spacial score (nSPS) is 15.4. The second-order valence-corrected chi connectivity index (χ2v) is 5.19. The van der Waals surface area contributed by atoms with Crippen molar-refractivity contribution in [2.24, 2.45) is 4.40 Å². The summed E-state index contributed by atoms with van der Waals surface area (Å²) in [6.45, 7) is 3.30. The van der Waals surface area contributed by atoms with Gasteiger partial charge in [0.1, 0.15) is 0 Å². The maximum absolute atomic E-state index is 11.8. The molecule has 0 amide bonds. The van der Waals surface area contributed by atoms with E-state index in [9.17, 15) is 8.42 Å². The molecule has 1 saturated heterocycles. The van der Waals surface area contributed by atoms with Crippen LogP contribution in [0.1, 0.15) is 5.56 Å². The molecular weight excluding hydrogens is 226 g/mol. The van der Waals surface area contributed by atoms with Crippen molar-refractivity contribution in [3.8, 4) is 0 Å². The molecule has 0 radical (unpaired) electrons. The summed E-state index contributed by atoms with van der Waals surface area (Å²) in [7, 11) is -3.60. The van der Waals surface area contributed by atoms with Crippen LogP contribution in [0.2, 0.25) is 0 Å². The predicted octanol–water partition coefficient (Wildman–Crippen LogP) is 0.233. The summed E-state index contributed by atoms with van der Waals surface area (Å²) in [5.74, 6) is 0.320. The quantitative estimate of drug-likeness (QED) is 0.775. The lowest BCUT2D eigenvalue weighted by molar-refractivity contribution is 0.597. The highest BCUT2D eigenvalue weighted by atomic mass is 32.2. The molecule has 0 aliphatic carbocycles. The Hall–Kier alpha value is -1.56. The van der Waals surface area contributed by atoms with Crippen LogP contribution in [0.3, 0.4) is 0 Å². The van der Waals surface area contributed by atoms with E-state index in [1.807, 2.05) is 6.92 Å². The van der Waals surface area contributed by atoms with Gasteiger partial charge < -0.3 is 10.6 Å². The third-order valence-electron chi connectivity index (χ3n) is 2.24. The van der Waals surface area contributed by atoms with E-state index in [-0.39, 0.29) is 4.90 Å². The third-order valence-corrected chi connectivity index (χ3v) is 3.53. The number of aryl methyl sites for hydroxylation is 1. The molecule has 2 rings (SSSR count). The second-order valence-electron chi connectivity index (χ2n) is 3.58. The van der Waals surface area contributed by atoms with E-state index in [4.69, 9.17) is 0 Å². The van der Waals surface area contributed by atoms with Crippen molar-refractivity contribution < 1.29 is 8.42 Å². The van der Waals surface area contributed by atoms with Crippen LogP contribution in [0.25, 0.3) is 0 Å². The fourth-order valence-corrected chi connectivity index (χ4v) is 2.33. The Kier molecular flexibility index (Phi) is 2.82. The minimum absolute atomic E-state index is 0.209. The van der Waals surface area contributed by atoms with Crippen LogP contribution in [-0.4, -0.2) is 27.5 Å². The number of nitrogens with one attached hydrogen (secondary N) is 2. The Balaban J connectivity index is 2.31. The third kappa shape index (κ3) is 2.33. The number of rotatable bonds is 2. The number of guanidine groups is 1. The number of hydrogen-bond acceptors (Lipinski definition) is 2. The Morgan fingerprint density at radius 3 is 2.25 bits per heavy atom. The van der Waals surface area contributed by atoms with Crippen LogP contribution < -0.4 is 10.6 Å². The Morgan fingerprint density at radius 1 is 1.12 bits per heavy atom. The van der Waals surface area contributed by atoms with Crippen LogP contribution in [0.4, 0.5) is 0 Å². The topological polar surface area (TPSA) is 70.6 Å². The summed E-state index contributed by atoms with van der Waals surface area (Å²) >= 11 is 0. The summed E-state index contributed by atoms with van der Waals surface area (Å²) < 4.78 is 27.3. The van der Waals surface area contributed by atoms with Gasteiger partial charge in [0.15, 0.2) is 0 Å². The molecule has 16 heavy (non-hydrogen) atoms. The summed E-state index contributed by atoms with van der Waals surface area (Å²) in [6.07, 6.45) is 0. The molecular formula is C10H13N3O2S. The van der Waals surface area contributed by atoms with Gasteiger partial charge in [-0.15, -0.1) is 4.40 Å². The lowest BCUT2D eigenvalue weighted by atomic mass is 10.2. The molecule has 1 aromatic rings. The van der Waals surface area contributed by atoms with Gasteiger partial charge >= 0.3 is 0 Å². The monoisotopic (exact) mass is 239 g/mol. The highest BCUT2D eigenvalue weighted by Gasteiger charge is 2.15. The molecule has 1 heterocycles. The van der Waals surface area contributed by atoms with Crippen LogP contribution >= 0.6 is 0 Å². The average Bonchev–Trinajstić information content (AvgIpc) is 2.70. The Bertz CT molecular complexity index is 497. The highest BCUT2D eigenvalue weighted by Crippen LogP contribution is 2.12. The number of sulfonamides is 1. The molecule has 6 heteroatoms. The maximum Gasteiger partial charge on any atom is 0.285 e. The van der Waals surface area contributed by atoms with E-state index >= 15 is 0 Å². The van der Waals surface area contributed by atoms with E-state index < -0.39 is 10.0 Å². The molecule has 1 aliphatic heterocycles. The smallest absolute Gasteiger partial charge is 0.285 e. The predicted molar refractivity (Wildman–Crippen MR) is 61.8 cm³/mol. The lowest BCUT2D eigenvalue weighted by Gasteiger charge is -2.01. The fourth-order valence-electron chi connectivity index (χ4n) is 1.37. The first-order valence-electron chi connectivity index (χ1n) is 4.97. The number of nitrogens with zero attached hydrogens (tertiary/aromatic N) is 1. The maximum atomic E-state index is 11.8. The van der Waals surface area contributed by atoms with Crippen LogP contribution in [0, 0.1) is 6.92 Å². The number of benzene rings is 1. The molecule has 0 bridgehead atoms. The molecule has 0 saturated carbocycles. The van der Waals surface area contributed by atoms with Crippen molar-refractivity contribution in [3.63, 3.8) is 0 Å². The number of hydrogen-bond donors (Lipinski definition) is 2. The summed E-state index contributed by atoms with van der Waals surface area (Å²) in [5.41, 5.74) is 1.02. The summed E-state index contributed by atoms with van der Waals surface area (Å²) in [6, 6.07) is 6.62. The zero-order valence-corrected chi connectivity index (χ0v) is 9.71. The van der Waals surface area contributed by atoms with Gasteiger partial charge in [-0.05, 0) is 19.1 Å². The standard InChI is InChI=1S/C10H13N3O2S/c1-8-2-4-9(5-3-8)16(14,15)13-10-11-6-7-12-10/h2-5H,6-7H2,1H3,(H2,11,12,13). The molecule has 0 spiro atoms. The molecule has 5 nitrogen and oxygen atoms in total. The first kappa shape index (κ1) is 10.9. The summed E-state index contributed by atoms with van der Waals surface area (Å²) in [5, 5.41) is 5.71. The molecule has 0 atom stereocenters. The van der Waals surface area contributed by atoms with Crippen LogP contribution in [0.5, 0.6) is 0 Å². The zero-order valence-electron chi connectivity index (χ0n) is 8.90. The van der Waals surface area contributed by atoms with Crippen molar-refractivity contribution in [2.75, 3.05) is 13.1 Å². The van der Waals surface area contributed by atoms with Gasteiger partial charge in [-0.25, -0.2) is 0 Å². The fraction of sp³-hybridized carbons (Fsp3) is 0.300. The lowest BCUT2D eigenvalue weighted by Crippen LogP contribution is -2.25. The van der Waals surface area contributed by atoms with Gasteiger partial charge in [-0.3, -0.25) is 0 Å². The first-order valence-corrected chi connectivity index (χ1v) is 6.41. The van der Waals surface area contributed by atoms with E-state index in [0.717, 1.165) is 5.56 Å². The molecule has 1 aliphatic rings. The summed E-state index contributed by atoms with van der Waals surface area (Å²) in [4.78, 5) is 0.209. The highest BCUT2D eigenvalue weighted by molar-refractivity contribution is 7.90. The minimum atomic E-state index is -3.60. The minimum Gasteiger partial charge on any atom is -0.354 e. The first-order chi connectivity index (χ1) is 7.58. The second kappa shape index (κ2) is 4.13. The van der Waals surface area contributed by atoms with E-state index in [0.29, 0.717) is 19.0 Å². The van der Waals surface area contributed by atoms with Crippen molar-refractivity contribution >= 4 is 16.0 Å². The van der Waals surface area contributed by atoms with Crippen molar-refractivity contribution in [1.82, 2.24) is 10.6 Å². The van der Waals surface area contributed by atoms with Crippen molar-refractivity contribution in [3.05, 3.63) is 29.8 Å². The van der Waals surface area contributed by atoms with E-state index in [1.54, 1.807) is 24.3 Å². The van der Waals surface area contributed by atoms with Gasteiger partial charge in [-0.2, -0.15) is 8.42 Å². The molecule has 0 unspecified atom stereocenters.